The number of aryl methyl sites for hydroxylation is 1. The molecular formula is C15H21NO3. The van der Waals surface area contributed by atoms with Gasteiger partial charge >= 0.3 is 5.97 Å². The Balaban J connectivity index is 2.41. The summed E-state index contributed by atoms with van der Waals surface area (Å²) in [5.74, 6) is -1.13. The van der Waals surface area contributed by atoms with Crippen molar-refractivity contribution in [2.45, 2.75) is 39.0 Å². The summed E-state index contributed by atoms with van der Waals surface area (Å²) in [7, 11) is 0. The van der Waals surface area contributed by atoms with E-state index in [2.05, 4.69) is 12.2 Å². The van der Waals surface area contributed by atoms with E-state index in [1.807, 2.05) is 12.1 Å². The van der Waals surface area contributed by atoms with E-state index in [-0.39, 0.29) is 18.9 Å². The molecular weight excluding hydrogens is 242 g/mol. The third-order valence-corrected chi connectivity index (χ3v) is 2.91. The Hall–Kier alpha value is -1.84. The molecule has 1 rings (SSSR count). The van der Waals surface area contributed by atoms with E-state index >= 15 is 0 Å². The largest absolute Gasteiger partial charge is 0.481 e. The van der Waals surface area contributed by atoms with E-state index < -0.39 is 5.97 Å². The molecule has 19 heavy (non-hydrogen) atoms. The summed E-state index contributed by atoms with van der Waals surface area (Å²) in [4.78, 5) is 22.0. The molecule has 2 N–H and O–H groups in total. The van der Waals surface area contributed by atoms with Gasteiger partial charge in [-0.05, 0) is 30.5 Å². The van der Waals surface area contributed by atoms with Crippen molar-refractivity contribution in [1.82, 2.24) is 5.32 Å². The van der Waals surface area contributed by atoms with Crippen LogP contribution in [-0.2, 0) is 11.2 Å². The average Bonchev–Trinajstić information content (AvgIpc) is 2.39. The molecule has 0 radical (unpaired) electrons. The van der Waals surface area contributed by atoms with Crippen LogP contribution in [0.1, 0.15) is 48.5 Å². The summed E-state index contributed by atoms with van der Waals surface area (Å²) in [6.45, 7) is 2.33. The standard InChI is InChI=1S/C15H21NO3/c1-2-3-4-5-12-6-8-13(9-7-12)15(19)16-11-10-14(17)18/h6-9H,2-5,10-11H2,1H3,(H,16,19)(H,17,18). The zero-order valence-corrected chi connectivity index (χ0v) is 11.3. The predicted octanol–water partition coefficient (Wildman–Crippen LogP) is 2.62. The first-order valence-corrected chi connectivity index (χ1v) is 6.72. The summed E-state index contributed by atoms with van der Waals surface area (Å²) in [5, 5.41) is 11.1. The van der Waals surface area contributed by atoms with Crippen molar-refractivity contribution in [2.75, 3.05) is 6.54 Å². The molecule has 0 fully saturated rings. The molecule has 0 aliphatic rings. The lowest BCUT2D eigenvalue weighted by molar-refractivity contribution is -0.136. The Kier molecular flexibility index (Phi) is 6.64. The fourth-order valence-electron chi connectivity index (χ4n) is 1.79. The molecule has 0 aliphatic carbocycles. The van der Waals surface area contributed by atoms with E-state index in [0.29, 0.717) is 5.56 Å². The van der Waals surface area contributed by atoms with Crippen LogP contribution in [0.15, 0.2) is 24.3 Å². The van der Waals surface area contributed by atoms with Crippen LogP contribution in [0.2, 0.25) is 0 Å². The lowest BCUT2D eigenvalue weighted by atomic mass is 10.1. The van der Waals surface area contributed by atoms with Gasteiger partial charge in [-0.25, -0.2) is 0 Å². The second-order valence-electron chi connectivity index (χ2n) is 4.55. The molecule has 1 aromatic rings. The Morgan fingerprint density at radius 3 is 2.42 bits per heavy atom. The number of carbonyl (C=O) groups is 2. The summed E-state index contributed by atoms with van der Waals surface area (Å²) >= 11 is 0. The first-order valence-electron chi connectivity index (χ1n) is 6.72. The van der Waals surface area contributed by atoms with Gasteiger partial charge in [-0.1, -0.05) is 31.9 Å². The second-order valence-corrected chi connectivity index (χ2v) is 4.55. The first-order chi connectivity index (χ1) is 9.13. The molecule has 4 heteroatoms. The van der Waals surface area contributed by atoms with Gasteiger partial charge in [0.15, 0.2) is 0 Å². The van der Waals surface area contributed by atoms with Crippen LogP contribution in [0.5, 0.6) is 0 Å². The molecule has 1 aromatic carbocycles. The van der Waals surface area contributed by atoms with Gasteiger partial charge in [0, 0.05) is 12.1 Å². The minimum Gasteiger partial charge on any atom is -0.481 e. The third kappa shape index (κ3) is 6.04. The van der Waals surface area contributed by atoms with Crippen LogP contribution in [0.4, 0.5) is 0 Å². The molecule has 104 valence electrons. The number of amides is 1. The minimum absolute atomic E-state index is 0.0547. The minimum atomic E-state index is -0.911. The molecule has 0 heterocycles. The maximum Gasteiger partial charge on any atom is 0.305 e. The molecule has 0 saturated heterocycles. The van der Waals surface area contributed by atoms with Gasteiger partial charge in [-0.2, -0.15) is 0 Å². The summed E-state index contributed by atoms with van der Waals surface area (Å²) in [6.07, 6.45) is 4.57. The molecule has 0 saturated carbocycles. The smallest absolute Gasteiger partial charge is 0.305 e. The quantitative estimate of drug-likeness (QED) is 0.708. The number of hydrogen-bond acceptors (Lipinski definition) is 2. The van der Waals surface area contributed by atoms with Crippen LogP contribution in [-0.4, -0.2) is 23.5 Å². The number of carbonyl (C=O) groups excluding carboxylic acids is 1. The van der Waals surface area contributed by atoms with Crippen LogP contribution in [0, 0.1) is 0 Å². The van der Waals surface area contributed by atoms with Crippen molar-refractivity contribution < 1.29 is 14.7 Å². The lowest BCUT2D eigenvalue weighted by Gasteiger charge is -2.05. The molecule has 1 amide bonds. The van der Waals surface area contributed by atoms with Crippen molar-refractivity contribution >= 4 is 11.9 Å². The molecule has 0 bridgehead atoms. The van der Waals surface area contributed by atoms with Gasteiger partial charge in [-0.3, -0.25) is 9.59 Å². The van der Waals surface area contributed by atoms with Crippen molar-refractivity contribution in [3.8, 4) is 0 Å². The Morgan fingerprint density at radius 1 is 1.16 bits per heavy atom. The number of aliphatic carboxylic acids is 1. The van der Waals surface area contributed by atoms with Gasteiger partial charge in [0.05, 0.1) is 6.42 Å². The monoisotopic (exact) mass is 263 g/mol. The molecule has 0 aliphatic heterocycles. The number of nitrogens with one attached hydrogen (secondary N) is 1. The van der Waals surface area contributed by atoms with Crippen molar-refractivity contribution in [3.05, 3.63) is 35.4 Å². The van der Waals surface area contributed by atoms with Gasteiger partial charge in [0.1, 0.15) is 0 Å². The van der Waals surface area contributed by atoms with E-state index in [1.54, 1.807) is 12.1 Å². The Bertz CT molecular complexity index is 412. The molecule has 0 aromatic heterocycles. The molecule has 4 nitrogen and oxygen atoms in total. The number of rotatable bonds is 8. The highest BCUT2D eigenvalue weighted by Gasteiger charge is 2.05. The summed E-state index contributed by atoms with van der Waals surface area (Å²) in [6, 6.07) is 7.50. The third-order valence-electron chi connectivity index (χ3n) is 2.91. The summed E-state index contributed by atoms with van der Waals surface area (Å²) in [5.41, 5.74) is 1.81. The van der Waals surface area contributed by atoms with Gasteiger partial charge < -0.3 is 10.4 Å². The molecule has 0 spiro atoms. The normalized spacial score (nSPS) is 10.2. The first kappa shape index (κ1) is 15.2. The van der Waals surface area contributed by atoms with Crippen molar-refractivity contribution in [2.24, 2.45) is 0 Å². The number of hydrogen-bond donors (Lipinski definition) is 2. The summed E-state index contributed by atoms with van der Waals surface area (Å²) < 4.78 is 0. The van der Waals surface area contributed by atoms with Crippen molar-refractivity contribution in [3.63, 3.8) is 0 Å². The fourth-order valence-corrected chi connectivity index (χ4v) is 1.79. The van der Waals surface area contributed by atoms with Gasteiger partial charge in [0.2, 0.25) is 0 Å². The zero-order valence-electron chi connectivity index (χ0n) is 11.3. The Labute approximate surface area is 113 Å². The van der Waals surface area contributed by atoms with E-state index in [0.717, 1.165) is 6.42 Å². The van der Waals surface area contributed by atoms with Crippen LogP contribution < -0.4 is 5.32 Å². The topological polar surface area (TPSA) is 66.4 Å². The predicted molar refractivity (Wildman–Crippen MR) is 74.3 cm³/mol. The van der Waals surface area contributed by atoms with Crippen molar-refractivity contribution in [1.29, 1.82) is 0 Å². The lowest BCUT2D eigenvalue weighted by Crippen LogP contribution is -2.25. The second kappa shape index (κ2) is 8.29. The number of carboxylic acid groups (broad SMARTS) is 1. The SMILES string of the molecule is CCCCCc1ccc(C(=O)NCCC(=O)O)cc1. The maximum absolute atomic E-state index is 11.7. The van der Waals surface area contributed by atoms with Gasteiger partial charge in [0.25, 0.3) is 5.91 Å². The molecule has 0 unspecified atom stereocenters. The highest BCUT2D eigenvalue weighted by molar-refractivity contribution is 5.94. The van der Waals surface area contributed by atoms with Crippen LogP contribution >= 0.6 is 0 Å². The van der Waals surface area contributed by atoms with Crippen LogP contribution in [0.3, 0.4) is 0 Å². The maximum atomic E-state index is 11.7. The number of carboxylic acids is 1. The van der Waals surface area contributed by atoms with Crippen LogP contribution in [0.25, 0.3) is 0 Å². The number of benzene rings is 1. The van der Waals surface area contributed by atoms with E-state index in [9.17, 15) is 9.59 Å². The van der Waals surface area contributed by atoms with E-state index in [4.69, 9.17) is 5.11 Å². The zero-order chi connectivity index (χ0) is 14.1. The highest BCUT2D eigenvalue weighted by Crippen LogP contribution is 2.08. The average molecular weight is 263 g/mol. The number of unbranched alkanes of at least 4 members (excludes halogenated alkanes) is 2. The Morgan fingerprint density at radius 2 is 1.84 bits per heavy atom. The van der Waals surface area contributed by atoms with E-state index in [1.165, 1.54) is 24.8 Å². The highest BCUT2D eigenvalue weighted by atomic mass is 16.4. The fraction of sp³-hybridized carbons (Fsp3) is 0.467. The molecule has 0 atom stereocenters. The van der Waals surface area contributed by atoms with Gasteiger partial charge in [-0.15, -0.1) is 0 Å².